The van der Waals surface area contributed by atoms with Crippen molar-refractivity contribution in [2.24, 2.45) is 5.92 Å². The molecule has 0 saturated heterocycles. The summed E-state index contributed by atoms with van der Waals surface area (Å²) in [6.07, 6.45) is -0.472. The Balaban J connectivity index is 1.34. The highest BCUT2D eigenvalue weighted by Gasteiger charge is 2.34. The SMILES string of the molecule is C[C@H]1CN([C@@H](C)CO)C(=O)c2cc(NC(=O)Nc3ccc4c(c3)OCO4)ccc2O[C@H]1CN(C)C(=O)Nc1ccccc1. The Labute approximate surface area is 249 Å². The Hall–Kier alpha value is -4.97. The number of nitrogens with one attached hydrogen (secondary N) is 3. The third-order valence-corrected chi connectivity index (χ3v) is 7.38. The van der Waals surface area contributed by atoms with E-state index in [-0.39, 0.29) is 43.4 Å². The summed E-state index contributed by atoms with van der Waals surface area (Å²) in [6, 6.07) is 17.7. The van der Waals surface area contributed by atoms with Crippen molar-refractivity contribution in [3.63, 3.8) is 0 Å². The predicted octanol–water partition coefficient (Wildman–Crippen LogP) is 4.44. The summed E-state index contributed by atoms with van der Waals surface area (Å²) < 4.78 is 17.0. The molecule has 3 aromatic rings. The molecule has 0 unspecified atom stereocenters. The third-order valence-electron chi connectivity index (χ3n) is 7.38. The van der Waals surface area contributed by atoms with Crippen LogP contribution in [0.2, 0.25) is 0 Å². The van der Waals surface area contributed by atoms with Crippen molar-refractivity contribution in [1.29, 1.82) is 0 Å². The van der Waals surface area contributed by atoms with E-state index >= 15 is 0 Å². The molecule has 4 N–H and O–H groups in total. The second kappa shape index (κ2) is 12.9. The highest BCUT2D eigenvalue weighted by molar-refractivity contribution is 6.02. The summed E-state index contributed by atoms with van der Waals surface area (Å²) in [5.74, 6) is 0.936. The number of carbonyl (C=O) groups is 3. The van der Waals surface area contributed by atoms with Crippen molar-refractivity contribution in [3.05, 3.63) is 72.3 Å². The molecular formula is C31H35N5O7. The van der Waals surface area contributed by atoms with Crippen LogP contribution in [-0.2, 0) is 0 Å². The fraction of sp³-hybridized carbons (Fsp3) is 0.323. The zero-order valence-electron chi connectivity index (χ0n) is 24.2. The number of para-hydroxylation sites is 1. The van der Waals surface area contributed by atoms with Gasteiger partial charge in [-0.15, -0.1) is 0 Å². The van der Waals surface area contributed by atoms with E-state index < -0.39 is 18.2 Å². The van der Waals surface area contributed by atoms with Gasteiger partial charge in [-0.3, -0.25) is 4.79 Å². The smallest absolute Gasteiger partial charge is 0.323 e. The van der Waals surface area contributed by atoms with E-state index in [0.717, 1.165) is 0 Å². The molecule has 3 aromatic carbocycles. The van der Waals surface area contributed by atoms with Crippen molar-refractivity contribution in [3.8, 4) is 17.2 Å². The first-order valence-electron chi connectivity index (χ1n) is 14.0. The van der Waals surface area contributed by atoms with Crippen LogP contribution in [0.1, 0.15) is 24.2 Å². The lowest BCUT2D eigenvalue weighted by Crippen LogP contribution is -2.50. The minimum atomic E-state index is -0.517. The fourth-order valence-corrected chi connectivity index (χ4v) is 4.88. The van der Waals surface area contributed by atoms with Gasteiger partial charge < -0.3 is 45.1 Å². The van der Waals surface area contributed by atoms with Gasteiger partial charge in [0.2, 0.25) is 6.79 Å². The molecule has 12 heteroatoms. The first-order chi connectivity index (χ1) is 20.7. The number of benzene rings is 3. The number of urea groups is 2. The molecule has 226 valence electrons. The number of fused-ring (bicyclic) bond motifs is 2. The number of rotatable bonds is 7. The van der Waals surface area contributed by atoms with Crippen LogP contribution in [0.15, 0.2) is 66.7 Å². The second-order valence-electron chi connectivity index (χ2n) is 10.7. The highest BCUT2D eigenvalue weighted by Crippen LogP contribution is 2.34. The lowest BCUT2D eigenvalue weighted by molar-refractivity contribution is 0.0371. The maximum atomic E-state index is 13.7. The van der Waals surface area contributed by atoms with Gasteiger partial charge in [0, 0.05) is 42.6 Å². The molecule has 12 nitrogen and oxygen atoms in total. The third kappa shape index (κ3) is 6.92. The summed E-state index contributed by atoms with van der Waals surface area (Å²) in [5.41, 5.74) is 1.78. The molecule has 43 heavy (non-hydrogen) atoms. The Morgan fingerprint density at radius 1 is 0.953 bits per heavy atom. The molecule has 0 fully saturated rings. The molecule has 0 saturated carbocycles. The maximum absolute atomic E-state index is 13.7. The van der Waals surface area contributed by atoms with E-state index in [4.69, 9.17) is 14.2 Å². The van der Waals surface area contributed by atoms with Crippen LogP contribution in [0.3, 0.4) is 0 Å². The summed E-state index contributed by atoms with van der Waals surface area (Å²) in [6.45, 7) is 4.14. The summed E-state index contributed by atoms with van der Waals surface area (Å²) >= 11 is 0. The predicted molar refractivity (Wildman–Crippen MR) is 161 cm³/mol. The van der Waals surface area contributed by atoms with Gasteiger partial charge in [-0.2, -0.15) is 0 Å². The van der Waals surface area contributed by atoms with Crippen LogP contribution in [0.4, 0.5) is 26.7 Å². The van der Waals surface area contributed by atoms with E-state index in [9.17, 15) is 19.5 Å². The van der Waals surface area contributed by atoms with E-state index in [0.29, 0.717) is 40.9 Å². The van der Waals surface area contributed by atoms with Crippen molar-refractivity contribution in [1.82, 2.24) is 9.80 Å². The number of anilines is 3. The molecule has 2 heterocycles. The van der Waals surface area contributed by atoms with Crippen molar-refractivity contribution in [2.45, 2.75) is 26.0 Å². The van der Waals surface area contributed by atoms with Crippen LogP contribution >= 0.6 is 0 Å². The number of aliphatic hydroxyl groups excluding tert-OH is 1. The van der Waals surface area contributed by atoms with Crippen LogP contribution < -0.4 is 30.2 Å². The van der Waals surface area contributed by atoms with Crippen molar-refractivity contribution in [2.75, 3.05) is 49.5 Å². The van der Waals surface area contributed by atoms with E-state index in [1.54, 1.807) is 67.4 Å². The van der Waals surface area contributed by atoms with Crippen LogP contribution in [0.25, 0.3) is 0 Å². The largest absolute Gasteiger partial charge is 0.487 e. The van der Waals surface area contributed by atoms with Crippen molar-refractivity contribution >= 4 is 35.0 Å². The zero-order valence-corrected chi connectivity index (χ0v) is 24.2. The Morgan fingerprint density at radius 3 is 2.35 bits per heavy atom. The van der Waals surface area contributed by atoms with Gasteiger partial charge in [0.05, 0.1) is 24.8 Å². The summed E-state index contributed by atoms with van der Waals surface area (Å²) in [7, 11) is 1.68. The van der Waals surface area contributed by atoms with Gasteiger partial charge in [0.25, 0.3) is 5.91 Å². The van der Waals surface area contributed by atoms with Crippen molar-refractivity contribution < 1.29 is 33.7 Å². The Morgan fingerprint density at radius 2 is 1.63 bits per heavy atom. The number of hydrogen-bond acceptors (Lipinski definition) is 7. The molecular weight excluding hydrogens is 554 g/mol. The van der Waals surface area contributed by atoms with Gasteiger partial charge in [-0.1, -0.05) is 25.1 Å². The number of likely N-dealkylation sites (N-methyl/N-ethyl adjacent to an activating group) is 1. The van der Waals surface area contributed by atoms with Crippen LogP contribution in [-0.4, -0.2) is 78.6 Å². The normalized spacial score (nSPS) is 18.0. The van der Waals surface area contributed by atoms with Gasteiger partial charge in [-0.05, 0) is 49.4 Å². The number of hydrogen-bond donors (Lipinski definition) is 4. The monoisotopic (exact) mass is 589 g/mol. The zero-order chi connectivity index (χ0) is 30.5. The fourth-order valence-electron chi connectivity index (χ4n) is 4.88. The standard InChI is InChI=1S/C31H35N5O7/c1-19-15-36(20(2)17-37)29(38)24-13-22(32-30(39)33-23-10-12-26-27(14-23)42-18-41-26)9-11-25(24)43-28(19)16-35(3)31(40)34-21-7-5-4-6-8-21/h4-14,19-20,28,37H,15-18H2,1-3H3,(H,34,40)(H2,32,33,39)/t19-,20-,28-/m0/s1. The maximum Gasteiger partial charge on any atom is 0.323 e. The minimum Gasteiger partial charge on any atom is -0.487 e. The second-order valence-corrected chi connectivity index (χ2v) is 10.7. The first-order valence-corrected chi connectivity index (χ1v) is 14.0. The van der Waals surface area contributed by atoms with Gasteiger partial charge >= 0.3 is 12.1 Å². The Kier molecular flexibility index (Phi) is 8.86. The number of aliphatic hydroxyl groups is 1. The number of carbonyl (C=O) groups excluding carboxylic acids is 3. The van der Waals surface area contributed by atoms with Gasteiger partial charge in [-0.25, -0.2) is 9.59 Å². The number of nitrogens with zero attached hydrogens (tertiary/aromatic N) is 2. The molecule has 0 radical (unpaired) electrons. The average Bonchev–Trinajstić information content (AvgIpc) is 3.47. The number of amides is 5. The molecule has 0 aliphatic carbocycles. The molecule has 3 atom stereocenters. The molecule has 5 rings (SSSR count). The van der Waals surface area contributed by atoms with Crippen LogP contribution in [0, 0.1) is 5.92 Å². The lowest BCUT2D eigenvalue weighted by atomic mass is 9.99. The summed E-state index contributed by atoms with van der Waals surface area (Å²) in [4.78, 5) is 42.5. The topological polar surface area (TPSA) is 142 Å². The van der Waals surface area contributed by atoms with E-state index in [2.05, 4.69) is 16.0 Å². The summed E-state index contributed by atoms with van der Waals surface area (Å²) in [5, 5.41) is 18.3. The molecule has 2 aliphatic rings. The van der Waals surface area contributed by atoms with Crippen LogP contribution in [0.5, 0.6) is 17.2 Å². The van der Waals surface area contributed by atoms with Gasteiger partial charge in [0.1, 0.15) is 11.9 Å². The molecule has 0 spiro atoms. The minimum absolute atomic E-state index is 0.124. The molecule has 0 aromatic heterocycles. The number of ether oxygens (including phenoxy) is 3. The Bertz CT molecular complexity index is 1480. The molecule has 0 bridgehead atoms. The quantitative estimate of drug-likeness (QED) is 0.319. The molecule has 5 amide bonds. The highest BCUT2D eigenvalue weighted by atomic mass is 16.7. The average molecular weight is 590 g/mol. The van der Waals surface area contributed by atoms with E-state index in [1.807, 2.05) is 25.1 Å². The van der Waals surface area contributed by atoms with Gasteiger partial charge in [0.15, 0.2) is 11.5 Å². The first kappa shape index (κ1) is 29.5. The molecule has 2 aliphatic heterocycles. The van der Waals surface area contributed by atoms with E-state index in [1.165, 1.54) is 4.90 Å². The lowest BCUT2D eigenvalue weighted by Gasteiger charge is -2.38.